The summed E-state index contributed by atoms with van der Waals surface area (Å²) in [6.07, 6.45) is 3.91. The second-order valence-electron chi connectivity index (χ2n) is 6.71. The van der Waals surface area contributed by atoms with Crippen LogP contribution in [0, 0.1) is 5.92 Å². The Kier molecular flexibility index (Phi) is 3.85. The molecule has 0 saturated carbocycles. The maximum absolute atomic E-state index is 12.0. The molecule has 2 atom stereocenters. The van der Waals surface area contributed by atoms with Gasteiger partial charge in [-0.05, 0) is 50.3 Å². The Balaban J connectivity index is 1.70. The number of para-hydroxylation sites is 1. The molecule has 2 aliphatic heterocycles. The zero-order valence-corrected chi connectivity index (χ0v) is 13.7. The largest absolute Gasteiger partial charge is 0.466 e. The summed E-state index contributed by atoms with van der Waals surface area (Å²) in [4.78, 5) is 18.2. The van der Waals surface area contributed by atoms with Crippen molar-refractivity contribution >= 4 is 16.9 Å². The molecule has 0 unspecified atom stereocenters. The number of nitrogens with one attached hydrogen (secondary N) is 1. The van der Waals surface area contributed by atoms with Gasteiger partial charge in [0.15, 0.2) is 0 Å². The van der Waals surface area contributed by atoms with E-state index in [9.17, 15) is 4.79 Å². The first-order chi connectivity index (χ1) is 11.3. The number of esters is 1. The van der Waals surface area contributed by atoms with Crippen molar-refractivity contribution in [2.75, 3.05) is 19.7 Å². The van der Waals surface area contributed by atoms with Gasteiger partial charge in [-0.25, -0.2) is 0 Å². The van der Waals surface area contributed by atoms with Crippen molar-refractivity contribution in [2.45, 2.75) is 38.6 Å². The normalized spacial score (nSPS) is 24.2. The predicted molar refractivity (Wildman–Crippen MR) is 90.3 cm³/mol. The smallest absolute Gasteiger partial charge is 0.306 e. The topological polar surface area (TPSA) is 45.3 Å². The highest BCUT2D eigenvalue weighted by Gasteiger charge is 2.39. The number of aromatic nitrogens is 1. The van der Waals surface area contributed by atoms with E-state index in [1.807, 2.05) is 6.92 Å². The van der Waals surface area contributed by atoms with Crippen LogP contribution < -0.4 is 0 Å². The molecule has 1 aromatic heterocycles. The molecule has 0 spiro atoms. The SMILES string of the molecule is CCOC(=O)C[C@@H]1CCCN2CCc3c([nH]c4ccccc34)[C@H]12. The van der Waals surface area contributed by atoms with Crippen molar-refractivity contribution in [1.82, 2.24) is 9.88 Å². The van der Waals surface area contributed by atoms with Gasteiger partial charge in [0, 0.05) is 23.1 Å². The van der Waals surface area contributed by atoms with E-state index in [0.29, 0.717) is 25.0 Å². The van der Waals surface area contributed by atoms with Crippen LogP contribution in [-0.4, -0.2) is 35.5 Å². The predicted octanol–water partition coefficient (Wildman–Crippen LogP) is 3.43. The molecule has 1 aromatic carbocycles. The molecule has 1 N–H and O–H groups in total. The van der Waals surface area contributed by atoms with Crippen LogP contribution in [0.4, 0.5) is 0 Å². The summed E-state index contributed by atoms with van der Waals surface area (Å²) in [5, 5.41) is 1.35. The van der Waals surface area contributed by atoms with Crippen LogP contribution in [-0.2, 0) is 16.0 Å². The molecule has 2 aromatic rings. The number of carbonyl (C=O) groups excluding carboxylic acids is 1. The third-order valence-corrected chi connectivity index (χ3v) is 5.39. The molecule has 0 aliphatic carbocycles. The van der Waals surface area contributed by atoms with Crippen LogP contribution in [0.3, 0.4) is 0 Å². The van der Waals surface area contributed by atoms with Crippen molar-refractivity contribution in [3.8, 4) is 0 Å². The Morgan fingerprint density at radius 3 is 3.09 bits per heavy atom. The van der Waals surface area contributed by atoms with Gasteiger partial charge in [0.2, 0.25) is 0 Å². The number of benzene rings is 1. The van der Waals surface area contributed by atoms with E-state index in [4.69, 9.17) is 4.74 Å². The van der Waals surface area contributed by atoms with E-state index < -0.39 is 0 Å². The zero-order valence-electron chi connectivity index (χ0n) is 13.7. The lowest BCUT2D eigenvalue weighted by Gasteiger charge is -2.44. The van der Waals surface area contributed by atoms with E-state index in [0.717, 1.165) is 25.9 Å². The van der Waals surface area contributed by atoms with E-state index >= 15 is 0 Å². The molecule has 2 aliphatic rings. The molecule has 0 radical (unpaired) electrons. The standard InChI is InChI=1S/C19H24N2O2/c1-2-23-17(22)12-13-6-5-10-21-11-9-15-14-7-3-4-8-16(14)20-18(15)19(13)21/h3-4,7-8,13,19-20H,2,5-6,9-12H2,1H3/t13-,19-/m0/s1. The molecule has 4 rings (SSSR count). The molecule has 1 fully saturated rings. The fourth-order valence-corrected chi connectivity index (χ4v) is 4.47. The summed E-state index contributed by atoms with van der Waals surface area (Å²) in [7, 11) is 0. The van der Waals surface area contributed by atoms with Gasteiger partial charge in [0.05, 0.1) is 19.1 Å². The third kappa shape index (κ3) is 2.55. The first-order valence-corrected chi connectivity index (χ1v) is 8.77. The van der Waals surface area contributed by atoms with Crippen molar-refractivity contribution in [2.24, 2.45) is 5.92 Å². The van der Waals surface area contributed by atoms with Crippen molar-refractivity contribution in [1.29, 1.82) is 0 Å². The molecule has 0 bridgehead atoms. The minimum Gasteiger partial charge on any atom is -0.466 e. The Morgan fingerprint density at radius 2 is 2.22 bits per heavy atom. The van der Waals surface area contributed by atoms with E-state index in [-0.39, 0.29) is 5.97 Å². The van der Waals surface area contributed by atoms with Crippen LogP contribution in [0.5, 0.6) is 0 Å². The monoisotopic (exact) mass is 312 g/mol. The van der Waals surface area contributed by atoms with Gasteiger partial charge < -0.3 is 9.72 Å². The van der Waals surface area contributed by atoms with Crippen LogP contribution >= 0.6 is 0 Å². The lowest BCUT2D eigenvalue weighted by molar-refractivity contribution is -0.145. The Hall–Kier alpha value is -1.81. The molecular weight excluding hydrogens is 288 g/mol. The highest BCUT2D eigenvalue weighted by Crippen LogP contribution is 2.43. The first kappa shape index (κ1) is 14.8. The number of hydrogen-bond donors (Lipinski definition) is 1. The van der Waals surface area contributed by atoms with E-state index in [1.165, 1.54) is 28.6 Å². The molecule has 4 heteroatoms. The van der Waals surface area contributed by atoms with Crippen LogP contribution in [0.2, 0.25) is 0 Å². The summed E-state index contributed by atoms with van der Waals surface area (Å²) < 4.78 is 5.20. The quantitative estimate of drug-likeness (QED) is 0.883. The first-order valence-electron chi connectivity index (χ1n) is 8.77. The zero-order chi connectivity index (χ0) is 15.8. The molecule has 3 heterocycles. The van der Waals surface area contributed by atoms with Gasteiger partial charge in [-0.1, -0.05) is 18.2 Å². The second kappa shape index (κ2) is 6.00. The van der Waals surface area contributed by atoms with Gasteiger partial charge >= 0.3 is 5.97 Å². The number of nitrogens with zero attached hydrogens (tertiary/aromatic N) is 1. The molecule has 1 saturated heterocycles. The average molecular weight is 312 g/mol. The van der Waals surface area contributed by atoms with Gasteiger partial charge in [-0.3, -0.25) is 9.69 Å². The molecule has 4 nitrogen and oxygen atoms in total. The van der Waals surface area contributed by atoms with Crippen LogP contribution in [0.25, 0.3) is 10.9 Å². The number of carbonyl (C=O) groups is 1. The van der Waals surface area contributed by atoms with Crippen LogP contribution in [0.1, 0.15) is 43.5 Å². The van der Waals surface area contributed by atoms with Gasteiger partial charge in [-0.15, -0.1) is 0 Å². The summed E-state index contributed by atoms with van der Waals surface area (Å²) in [5.74, 6) is 0.303. The molecular formula is C19H24N2O2. The van der Waals surface area contributed by atoms with Crippen molar-refractivity contribution < 1.29 is 9.53 Å². The maximum Gasteiger partial charge on any atom is 0.306 e. The number of hydrogen-bond acceptors (Lipinski definition) is 3. The van der Waals surface area contributed by atoms with Crippen molar-refractivity contribution in [3.63, 3.8) is 0 Å². The lowest BCUT2D eigenvalue weighted by atomic mass is 9.81. The van der Waals surface area contributed by atoms with Gasteiger partial charge in [0.25, 0.3) is 0 Å². The van der Waals surface area contributed by atoms with E-state index in [1.54, 1.807) is 0 Å². The number of fused-ring (bicyclic) bond motifs is 5. The van der Waals surface area contributed by atoms with Crippen molar-refractivity contribution in [3.05, 3.63) is 35.5 Å². The minimum absolute atomic E-state index is 0.0532. The number of ether oxygens (including phenoxy) is 1. The highest BCUT2D eigenvalue weighted by atomic mass is 16.5. The fourth-order valence-electron chi connectivity index (χ4n) is 4.47. The van der Waals surface area contributed by atoms with E-state index in [2.05, 4.69) is 34.1 Å². The van der Waals surface area contributed by atoms with Crippen LogP contribution in [0.15, 0.2) is 24.3 Å². The molecule has 0 amide bonds. The summed E-state index contributed by atoms with van der Waals surface area (Å²) in [6, 6.07) is 8.90. The minimum atomic E-state index is -0.0532. The lowest BCUT2D eigenvalue weighted by Crippen LogP contribution is -2.43. The number of H-pyrrole nitrogens is 1. The molecule has 122 valence electrons. The Labute approximate surface area is 136 Å². The summed E-state index contributed by atoms with van der Waals surface area (Å²) >= 11 is 0. The Morgan fingerprint density at radius 1 is 1.35 bits per heavy atom. The van der Waals surface area contributed by atoms with Gasteiger partial charge in [-0.2, -0.15) is 0 Å². The number of piperidine rings is 1. The summed E-state index contributed by atoms with van der Waals surface area (Å²) in [6.45, 7) is 4.58. The number of rotatable bonds is 3. The highest BCUT2D eigenvalue weighted by molar-refractivity contribution is 5.85. The summed E-state index contributed by atoms with van der Waals surface area (Å²) in [5.41, 5.74) is 4.02. The van der Waals surface area contributed by atoms with Gasteiger partial charge in [0.1, 0.15) is 0 Å². The third-order valence-electron chi connectivity index (χ3n) is 5.39. The molecule has 23 heavy (non-hydrogen) atoms. The fraction of sp³-hybridized carbons (Fsp3) is 0.526. The second-order valence-corrected chi connectivity index (χ2v) is 6.71. The Bertz CT molecular complexity index is 721. The average Bonchev–Trinajstić information content (AvgIpc) is 2.94. The number of aromatic amines is 1. The maximum atomic E-state index is 12.0.